The Morgan fingerprint density at radius 2 is 2.20 bits per heavy atom. The van der Waals surface area contributed by atoms with Crippen molar-refractivity contribution in [2.24, 2.45) is 5.92 Å². The molecule has 0 spiro atoms. The molecule has 3 heterocycles. The topological polar surface area (TPSA) is 96.5 Å². The molecule has 1 aliphatic heterocycles. The lowest BCUT2D eigenvalue weighted by Gasteiger charge is -2.20. The summed E-state index contributed by atoms with van der Waals surface area (Å²) in [5.41, 5.74) is 9.04. The normalized spacial score (nSPS) is 23.0. The number of anilines is 1. The Bertz CT molecular complexity index is 876. The minimum atomic E-state index is -0.951. The second kappa shape index (κ2) is 5.98. The van der Waals surface area contributed by atoms with Gasteiger partial charge in [-0.1, -0.05) is 6.92 Å². The van der Waals surface area contributed by atoms with E-state index in [0.717, 1.165) is 35.2 Å². The average Bonchev–Trinajstić information content (AvgIpc) is 3.18. The van der Waals surface area contributed by atoms with Crippen LogP contribution < -0.4 is 5.73 Å². The maximum atomic E-state index is 12.9. The number of nitrogen functional groups attached to an aromatic ring is 1. The fourth-order valence-electron chi connectivity index (χ4n) is 3.93. The number of hydrogen-bond donors (Lipinski definition) is 2. The predicted octanol–water partition coefficient (Wildman–Crippen LogP) is 2.69. The molecule has 3 N–H and O–H groups in total. The standard InChI is InChI=1S/C18H21N3O3S/c1-9-4-5-12-10(7-9)8-11-14(19)15(25-16(11)20-12)17(22)21-6-2-3-13(21)18(23)24/h8-9,13H,2-7,19H2,1H3,(H,23,24)/t9-,13+/m1/s1. The number of thiophene rings is 1. The van der Waals surface area contributed by atoms with E-state index in [1.54, 1.807) is 0 Å². The fourth-order valence-corrected chi connectivity index (χ4v) is 4.98. The lowest BCUT2D eigenvalue weighted by Crippen LogP contribution is -2.40. The lowest BCUT2D eigenvalue weighted by atomic mass is 9.87. The number of rotatable bonds is 2. The van der Waals surface area contributed by atoms with Crippen molar-refractivity contribution in [1.29, 1.82) is 0 Å². The monoisotopic (exact) mass is 359 g/mol. The molecule has 2 aromatic heterocycles. The van der Waals surface area contributed by atoms with E-state index in [-0.39, 0.29) is 5.91 Å². The number of carboxylic acid groups (broad SMARTS) is 1. The van der Waals surface area contributed by atoms with Crippen LogP contribution in [0.25, 0.3) is 10.2 Å². The molecule has 0 saturated carbocycles. The van der Waals surface area contributed by atoms with Crippen LogP contribution in [0.15, 0.2) is 6.07 Å². The maximum absolute atomic E-state index is 12.9. The van der Waals surface area contributed by atoms with Gasteiger partial charge in [0.15, 0.2) is 0 Å². The first kappa shape index (κ1) is 16.3. The Balaban J connectivity index is 1.74. The smallest absolute Gasteiger partial charge is 0.326 e. The number of likely N-dealkylation sites (tertiary alicyclic amines) is 1. The van der Waals surface area contributed by atoms with E-state index >= 15 is 0 Å². The summed E-state index contributed by atoms with van der Waals surface area (Å²) in [6.07, 6.45) is 4.28. The first-order chi connectivity index (χ1) is 12.0. The van der Waals surface area contributed by atoms with Crippen LogP contribution >= 0.6 is 11.3 Å². The van der Waals surface area contributed by atoms with Gasteiger partial charge in [0.2, 0.25) is 0 Å². The molecule has 1 fully saturated rings. The van der Waals surface area contributed by atoms with Crippen LogP contribution in [0.1, 0.15) is 47.1 Å². The highest BCUT2D eigenvalue weighted by atomic mass is 32.1. The predicted molar refractivity (Wildman–Crippen MR) is 96.9 cm³/mol. The molecular weight excluding hydrogens is 338 g/mol. The van der Waals surface area contributed by atoms with Crippen molar-refractivity contribution in [1.82, 2.24) is 9.88 Å². The SMILES string of the molecule is C[C@@H]1CCc2nc3sc(C(=O)N4CCC[C@H]4C(=O)O)c(N)c3cc2C1. The second-order valence-electron chi connectivity index (χ2n) is 7.13. The van der Waals surface area contributed by atoms with Crippen molar-refractivity contribution in [2.45, 2.75) is 45.1 Å². The molecule has 2 atom stereocenters. The van der Waals surface area contributed by atoms with Gasteiger partial charge in [0.1, 0.15) is 15.7 Å². The minimum Gasteiger partial charge on any atom is -0.480 e. The van der Waals surface area contributed by atoms with Crippen molar-refractivity contribution in [2.75, 3.05) is 12.3 Å². The van der Waals surface area contributed by atoms with E-state index in [1.165, 1.54) is 21.8 Å². The Labute approximate surface area is 149 Å². The van der Waals surface area contributed by atoms with Gasteiger partial charge in [-0.2, -0.15) is 0 Å². The Kier molecular flexibility index (Phi) is 3.91. The molecule has 0 radical (unpaired) electrons. The highest BCUT2D eigenvalue weighted by Gasteiger charge is 2.36. The van der Waals surface area contributed by atoms with Crippen LogP contribution in [0.3, 0.4) is 0 Å². The quantitative estimate of drug-likeness (QED) is 0.859. The molecule has 25 heavy (non-hydrogen) atoms. The van der Waals surface area contributed by atoms with E-state index in [0.29, 0.717) is 35.9 Å². The number of aromatic nitrogens is 1. The maximum Gasteiger partial charge on any atom is 0.326 e. The van der Waals surface area contributed by atoms with Crippen LogP contribution in [-0.4, -0.2) is 39.5 Å². The van der Waals surface area contributed by atoms with Crippen LogP contribution in [-0.2, 0) is 17.6 Å². The zero-order valence-corrected chi connectivity index (χ0v) is 14.9. The number of carboxylic acids is 1. The third kappa shape index (κ3) is 2.66. The first-order valence-electron chi connectivity index (χ1n) is 8.70. The second-order valence-corrected chi connectivity index (χ2v) is 8.13. The van der Waals surface area contributed by atoms with Crippen LogP contribution in [0.5, 0.6) is 0 Å². The molecule has 1 aliphatic carbocycles. The van der Waals surface area contributed by atoms with Gasteiger partial charge in [-0.3, -0.25) is 4.79 Å². The molecule has 2 aliphatic rings. The van der Waals surface area contributed by atoms with Gasteiger partial charge >= 0.3 is 5.97 Å². The number of carbonyl (C=O) groups is 2. The Hall–Kier alpha value is -2.15. The number of aryl methyl sites for hydroxylation is 1. The number of aliphatic carboxylic acids is 1. The van der Waals surface area contributed by atoms with E-state index < -0.39 is 12.0 Å². The Morgan fingerprint density at radius 3 is 2.96 bits per heavy atom. The summed E-state index contributed by atoms with van der Waals surface area (Å²) >= 11 is 1.29. The van der Waals surface area contributed by atoms with Crippen LogP contribution in [0.2, 0.25) is 0 Å². The summed E-state index contributed by atoms with van der Waals surface area (Å²) in [7, 11) is 0. The molecule has 1 saturated heterocycles. The molecule has 1 amide bonds. The molecular formula is C18H21N3O3S. The zero-order valence-electron chi connectivity index (χ0n) is 14.1. The highest BCUT2D eigenvalue weighted by Crippen LogP contribution is 2.37. The van der Waals surface area contributed by atoms with E-state index in [9.17, 15) is 14.7 Å². The molecule has 6 nitrogen and oxygen atoms in total. The van der Waals surface area contributed by atoms with Gasteiger partial charge in [0.25, 0.3) is 5.91 Å². The minimum absolute atomic E-state index is 0.281. The fraction of sp³-hybridized carbons (Fsp3) is 0.500. The summed E-state index contributed by atoms with van der Waals surface area (Å²) in [6, 6.07) is 1.33. The van der Waals surface area contributed by atoms with Crippen LogP contribution in [0, 0.1) is 5.92 Å². The van der Waals surface area contributed by atoms with Gasteiger partial charge in [-0.05, 0) is 49.7 Å². The Morgan fingerprint density at radius 1 is 1.40 bits per heavy atom. The number of hydrogen-bond acceptors (Lipinski definition) is 5. The molecule has 0 unspecified atom stereocenters. The van der Waals surface area contributed by atoms with Crippen molar-refractivity contribution in [3.05, 3.63) is 22.2 Å². The van der Waals surface area contributed by atoms with Crippen molar-refractivity contribution < 1.29 is 14.7 Å². The number of pyridine rings is 1. The summed E-state index contributed by atoms with van der Waals surface area (Å²) < 4.78 is 0. The average molecular weight is 359 g/mol. The molecule has 0 bridgehead atoms. The van der Waals surface area contributed by atoms with Gasteiger partial charge in [-0.25, -0.2) is 9.78 Å². The van der Waals surface area contributed by atoms with Crippen LogP contribution in [0.4, 0.5) is 5.69 Å². The summed E-state index contributed by atoms with van der Waals surface area (Å²) in [5.74, 6) is -0.599. The van der Waals surface area contributed by atoms with E-state index in [4.69, 9.17) is 10.7 Å². The molecule has 4 rings (SSSR count). The highest BCUT2D eigenvalue weighted by molar-refractivity contribution is 7.21. The number of nitrogens with two attached hydrogens (primary N) is 1. The van der Waals surface area contributed by atoms with Gasteiger partial charge in [-0.15, -0.1) is 11.3 Å². The third-order valence-electron chi connectivity index (χ3n) is 5.32. The van der Waals surface area contributed by atoms with Crippen molar-refractivity contribution in [3.63, 3.8) is 0 Å². The van der Waals surface area contributed by atoms with E-state index in [2.05, 4.69) is 13.0 Å². The lowest BCUT2D eigenvalue weighted by molar-refractivity contribution is -0.141. The molecule has 0 aromatic carbocycles. The number of amides is 1. The first-order valence-corrected chi connectivity index (χ1v) is 9.52. The van der Waals surface area contributed by atoms with Gasteiger partial charge in [0, 0.05) is 17.6 Å². The number of fused-ring (bicyclic) bond motifs is 2. The number of carbonyl (C=O) groups excluding carboxylic acids is 1. The largest absolute Gasteiger partial charge is 0.480 e. The molecule has 7 heteroatoms. The zero-order chi connectivity index (χ0) is 17.7. The third-order valence-corrected chi connectivity index (χ3v) is 6.43. The molecule has 132 valence electrons. The van der Waals surface area contributed by atoms with Gasteiger partial charge < -0.3 is 15.7 Å². The van der Waals surface area contributed by atoms with Crippen molar-refractivity contribution in [3.8, 4) is 0 Å². The van der Waals surface area contributed by atoms with Gasteiger partial charge in [0.05, 0.1) is 5.69 Å². The summed E-state index contributed by atoms with van der Waals surface area (Å²) in [5, 5.41) is 10.1. The van der Waals surface area contributed by atoms with Crippen molar-refractivity contribution >= 4 is 39.1 Å². The number of nitrogens with zero attached hydrogens (tertiary/aromatic N) is 2. The molecule has 2 aromatic rings. The summed E-state index contributed by atoms with van der Waals surface area (Å²) in [6.45, 7) is 2.70. The van der Waals surface area contributed by atoms with E-state index in [1.807, 2.05) is 0 Å². The summed E-state index contributed by atoms with van der Waals surface area (Å²) in [4.78, 5) is 31.6.